The maximum absolute atomic E-state index is 13.5. The van der Waals surface area contributed by atoms with Crippen LogP contribution in [0, 0.1) is 11.6 Å². The van der Waals surface area contributed by atoms with Crippen molar-refractivity contribution in [3.63, 3.8) is 0 Å². The summed E-state index contributed by atoms with van der Waals surface area (Å²) >= 11 is 0. The molecule has 1 N–H and O–H groups in total. The van der Waals surface area contributed by atoms with Crippen molar-refractivity contribution in [3.05, 3.63) is 59.7 Å². The van der Waals surface area contributed by atoms with E-state index in [1.165, 1.54) is 0 Å². The van der Waals surface area contributed by atoms with Crippen LogP contribution in [0.5, 0.6) is 11.5 Å². The molecule has 0 amide bonds. The molecule has 2 nitrogen and oxygen atoms in total. The molecule has 0 aromatic heterocycles. The molecule has 0 saturated carbocycles. The minimum Gasteiger partial charge on any atom is -0.454 e. The smallest absolute Gasteiger partial charge is 0.165 e. The molecule has 0 atom stereocenters. The molecule has 0 radical (unpaired) electrons. The Hall–Kier alpha value is -1.94. The third-order valence-corrected chi connectivity index (χ3v) is 2.78. The van der Waals surface area contributed by atoms with Gasteiger partial charge in [0.05, 0.1) is 0 Å². The summed E-state index contributed by atoms with van der Waals surface area (Å²) in [5, 5.41) is 3.27. The van der Waals surface area contributed by atoms with Gasteiger partial charge in [-0.2, -0.15) is 0 Å². The van der Waals surface area contributed by atoms with Crippen LogP contribution in [0.2, 0.25) is 0 Å². The zero-order valence-electron chi connectivity index (χ0n) is 11.3. The molecule has 2 aromatic rings. The van der Waals surface area contributed by atoms with Crippen molar-refractivity contribution in [3.8, 4) is 11.5 Å². The summed E-state index contributed by atoms with van der Waals surface area (Å²) in [4.78, 5) is 0. The second kappa shape index (κ2) is 7.01. The molecule has 0 fully saturated rings. The van der Waals surface area contributed by atoms with Gasteiger partial charge in [0.15, 0.2) is 11.6 Å². The van der Waals surface area contributed by atoms with E-state index in [4.69, 9.17) is 4.74 Å². The van der Waals surface area contributed by atoms with Crippen LogP contribution in [0.15, 0.2) is 42.5 Å². The van der Waals surface area contributed by atoms with Crippen molar-refractivity contribution in [2.45, 2.75) is 19.9 Å². The van der Waals surface area contributed by atoms with Crippen LogP contribution in [0.3, 0.4) is 0 Å². The van der Waals surface area contributed by atoms with Gasteiger partial charge in [0.1, 0.15) is 11.6 Å². The van der Waals surface area contributed by atoms with Gasteiger partial charge in [0.2, 0.25) is 0 Å². The van der Waals surface area contributed by atoms with Crippen LogP contribution in [-0.2, 0) is 6.54 Å². The lowest BCUT2D eigenvalue weighted by Gasteiger charge is -2.09. The lowest BCUT2D eigenvalue weighted by molar-refractivity contribution is 0.436. The van der Waals surface area contributed by atoms with Gasteiger partial charge in [-0.3, -0.25) is 0 Å². The SMILES string of the molecule is CCCNCc1cccc(Oc2cc(F)ccc2F)c1. The predicted molar refractivity (Wildman–Crippen MR) is 74.9 cm³/mol. The second-order valence-corrected chi connectivity index (χ2v) is 4.50. The van der Waals surface area contributed by atoms with E-state index in [9.17, 15) is 8.78 Å². The monoisotopic (exact) mass is 277 g/mol. The van der Waals surface area contributed by atoms with Gasteiger partial charge in [-0.15, -0.1) is 0 Å². The Labute approximate surface area is 117 Å². The highest BCUT2D eigenvalue weighted by molar-refractivity contribution is 5.34. The first kappa shape index (κ1) is 14.5. The molecule has 0 aliphatic rings. The number of halogens is 2. The highest BCUT2D eigenvalue weighted by atomic mass is 19.1. The summed E-state index contributed by atoms with van der Waals surface area (Å²) < 4.78 is 32.0. The number of benzene rings is 2. The molecule has 2 rings (SSSR count). The van der Waals surface area contributed by atoms with Crippen LogP contribution in [0.1, 0.15) is 18.9 Å². The molecule has 0 heterocycles. The Morgan fingerprint density at radius 2 is 1.95 bits per heavy atom. The topological polar surface area (TPSA) is 21.3 Å². The largest absolute Gasteiger partial charge is 0.454 e. The van der Waals surface area contributed by atoms with Gasteiger partial charge >= 0.3 is 0 Å². The predicted octanol–water partition coefficient (Wildman–Crippen LogP) is 4.26. The van der Waals surface area contributed by atoms with E-state index in [2.05, 4.69) is 12.2 Å². The van der Waals surface area contributed by atoms with E-state index in [0.717, 1.165) is 43.3 Å². The third kappa shape index (κ3) is 4.03. The Bertz CT molecular complexity index is 572. The number of hydrogen-bond acceptors (Lipinski definition) is 2. The first-order valence-corrected chi connectivity index (χ1v) is 6.61. The molecule has 106 valence electrons. The van der Waals surface area contributed by atoms with Crippen LogP contribution in [0.4, 0.5) is 8.78 Å². The standard InChI is InChI=1S/C16H17F2NO/c1-2-8-19-11-12-4-3-5-14(9-12)20-16-10-13(17)6-7-15(16)18/h3-7,9-10,19H,2,8,11H2,1H3. The van der Waals surface area contributed by atoms with Crippen molar-refractivity contribution < 1.29 is 13.5 Å². The normalized spacial score (nSPS) is 10.6. The molecular formula is C16H17F2NO. The zero-order chi connectivity index (χ0) is 14.4. The molecule has 0 aliphatic heterocycles. The van der Waals surface area contributed by atoms with Crippen molar-refractivity contribution in [1.29, 1.82) is 0 Å². The molecule has 4 heteroatoms. The second-order valence-electron chi connectivity index (χ2n) is 4.50. The Kier molecular flexibility index (Phi) is 5.07. The Balaban J connectivity index is 2.09. The molecular weight excluding hydrogens is 260 g/mol. The summed E-state index contributed by atoms with van der Waals surface area (Å²) in [6.07, 6.45) is 1.06. The molecule has 2 aromatic carbocycles. The van der Waals surface area contributed by atoms with E-state index in [0.29, 0.717) is 5.75 Å². The number of hydrogen-bond donors (Lipinski definition) is 1. The van der Waals surface area contributed by atoms with E-state index in [1.54, 1.807) is 6.07 Å². The first-order chi connectivity index (χ1) is 9.69. The van der Waals surface area contributed by atoms with E-state index in [1.807, 2.05) is 18.2 Å². The van der Waals surface area contributed by atoms with Gasteiger partial charge in [-0.1, -0.05) is 19.1 Å². The fraction of sp³-hybridized carbons (Fsp3) is 0.250. The van der Waals surface area contributed by atoms with Crippen molar-refractivity contribution in [2.24, 2.45) is 0 Å². The first-order valence-electron chi connectivity index (χ1n) is 6.61. The van der Waals surface area contributed by atoms with Gasteiger partial charge in [0, 0.05) is 12.6 Å². The number of ether oxygens (including phenoxy) is 1. The van der Waals surface area contributed by atoms with Crippen LogP contribution in [0.25, 0.3) is 0 Å². The maximum atomic E-state index is 13.5. The summed E-state index contributed by atoms with van der Waals surface area (Å²) in [5.74, 6) is -0.725. The number of rotatable bonds is 6. The quantitative estimate of drug-likeness (QED) is 0.797. The zero-order valence-corrected chi connectivity index (χ0v) is 11.3. The van der Waals surface area contributed by atoms with E-state index >= 15 is 0 Å². The maximum Gasteiger partial charge on any atom is 0.165 e. The van der Waals surface area contributed by atoms with Crippen LogP contribution >= 0.6 is 0 Å². The minimum absolute atomic E-state index is 0.108. The molecule has 0 aliphatic carbocycles. The van der Waals surface area contributed by atoms with Crippen LogP contribution in [-0.4, -0.2) is 6.54 Å². The fourth-order valence-electron chi connectivity index (χ4n) is 1.81. The van der Waals surface area contributed by atoms with Crippen molar-refractivity contribution in [1.82, 2.24) is 5.32 Å². The summed E-state index contributed by atoms with van der Waals surface area (Å²) in [6, 6.07) is 10.5. The lowest BCUT2D eigenvalue weighted by atomic mass is 10.2. The minimum atomic E-state index is -0.582. The average molecular weight is 277 g/mol. The van der Waals surface area contributed by atoms with Gasteiger partial charge in [0.25, 0.3) is 0 Å². The summed E-state index contributed by atoms with van der Waals surface area (Å²) in [5.41, 5.74) is 1.03. The van der Waals surface area contributed by atoms with E-state index < -0.39 is 11.6 Å². The van der Waals surface area contributed by atoms with Gasteiger partial charge in [-0.25, -0.2) is 8.78 Å². The molecule has 0 unspecified atom stereocenters. The van der Waals surface area contributed by atoms with E-state index in [-0.39, 0.29) is 5.75 Å². The fourth-order valence-corrected chi connectivity index (χ4v) is 1.81. The third-order valence-electron chi connectivity index (χ3n) is 2.78. The van der Waals surface area contributed by atoms with Gasteiger partial charge in [-0.05, 0) is 42.8 Å². The molecule has 0 spiro atoms. The van der Waals surface area contributed by atoms with Gasteiger partial charge < -0.3 is 10.1 Å². The Morgan fingerprint density at radius 3 is 2.75 bits per heavy atom. The molecule has 0 bridgehead atoms. The van der Waals surface area contributed by atoms with Crippen molar-refractivity contribution in [2.75, 3.05) is 6.54 Å². The van der Waals surface area contributed by atoms with Crippen LogP contribution < -0.4 is 10.1 Å². The summed E-state index contributed by atoms with van der Waals surface area (Å²) in [6.45, 7) is 3.75. The number of nitrogens with one attached hydrogen (secondary N) is 1. The average Bonchev–Trinajstić information content (AvgIpc) is 2.44. The van der Waals surface area contributed by atoms with Crippen molar-refractivity contribution >= 4 is 0 Å². The lowest BCUT2D eigenvalue weighted by Crippen LogP contribution is -2.13. The summed E-state index contributed by atoms with van der Waals surface area (Å²) in [7, 11) is 0. The highest BCUT2D eigenvalue weighted by Gasteiger charge is 2.06. The highest BCUT2D eigenvalue weighted by Crippen LogP contribution is 2.25. The molecule has 0 saturated heterocycles. The molecule has 20 heavy (non-hydrogen) atoms. The Morgan fingerprint density at radius 1 is 1.10 bits per heavy atom.